The minimum atomic E-state index is -2.98. The van der Waals surface area contributed by atoms with Crippen LogP contribution < -0.4 is 0 Å². The number of hydrogen-bond acceptors (Lipinski definition) is 10. The second-order valence-electron chi connectivity index (χ2n) is 3.67. The average Bonchev–Trinajstić information content (AvgIpc) is 2.81. The number of carbonyl (C=O) groups is 1. The van der Waals surface area contributed by atoms with Crippen molar-refractivity contribution in [2.24, 2.45) is 0 Å². The van der Waals surface area contributed by atoms with Crippen molar-refractivity contribution < 1.29 is 49.6 Å². The molecule has 10 heteroatoms. The van der Waals surface area contributed by atoms with Crippen molar-refractivity contribution in [1.82, 2.24) is 0 Å². The van der Waals surface area contributed by atoms with Gasteiger partial charge in [0.05, 0.1) is 6.61 Å². The molecule has 0 aliphatic carbocycles. The lowest BCUT2D eigenvalue weighted by Gasteiger charge is -2.36. The Balaban J connectivity index is 2.14. The van der Waals surface area contributed by atoms with Gasteiger partial charge in [0.15, 0.2) is 0 Å². The van der Waals surface area contributed by atoms with E-state index in [9.17, 15) is 25.2 Å². The van der Waals surface area contributed by atoms with Crippen LogP contribution in [0.15, 0.2) is 0 Å². The lowest BCUT2D eigenvalue weighted by Crippen LogP contribution is -2.65. The first-order chi connectivity index (χ1) is 7.70. The van der Waals surface area contributed by atoms with Crippen LogP contribution in [0.4, 0.5) is 4.79 Å². The summed E-state index contributed by atoms with van der Waals surface area (Å²) in [5.74, 6) is -8.77. The second kappa shape index (κ2) is 3.26. The number of ether oxygens (including phenoxy) is 3. The molecule has 6 N–H and O–H groups in total. The topological polar surface area (TPSA) is 169 Å². The highest BCUT2D eigenvalue weighted by atomic mass is 17.0. The third-order valence-electron chi connectivity index (χ3n) is 2.57. The van der Waals surface area contributed by atoms with Gasteiger partial charge in [-0.2, -0.15) is 0 Å². The molecule has 2 saturated heterocycles. The number of carbonyl (C=O) groups excluding carboxylic acids is 1. The van der Waals surface area contributed by atoms with Crippen molar-refractivity contribution in [3.8, 4) is 0 Å². The summed E-state index contributed by atoms with van der Waals surface area (Å²) in [7, 11) is 0. The molecule has 98 valence electrons. The van der Waals surface area contributed by atoms with Crippen LogP contribution in [0, 0.1) is 0 Å². The first-order valence-corrected chi connectivity index (χ1v) is 4.46. The van der Waals surface area contributed by atoms with Gasteiger partial charge in [-0.15, -0.1) is 0 Å². The van der Waals surface area contributed by atoms with E-state index in [2.05, 4.69) is 14.2 Å². The van der Waals surface area contributed by atoms with E-state index in [0.29, 0.717) is 0 Å². The number of aliphatic hydroxyl groups is 6. The van der Waals surface area contributed by atoms with Crippen molar-refractivity contribution in [2.45, 2.75) is 29.8 Å². The molecule has 0 aromatic carbocycles. The van der Waals surface area contributed by atoms with Crippen molar-refractivity contribution in [1.29, 1.82) is 0 Å². The zero-order valence-corrected chi connectivity index (χ0v) is 8.18. The summed E-state index contributed by atoms with van der Waals surface area (Å²) in [5, 5.41) is 55.5. The standard InChI is InChI=1S/C7H10O10/c8-1-2(9)3(10)5(12)6(13,17-5)7(14)15-4(11)16-7/h2-3,8-10,12-14H,1H2/t2-,3+,5+,6+/m0/s1. The largest absolute Gasteiger partial charge is 0.518 e. The van der Waals surface area contributed by atoms with Crippen LogP contribution >= 0.6 is 0 Å². The van der Waals surface area contributed by atoms with Gasteiger partial charge >= 0.3 is 17.9 Å². The number of cyclic esters (lactones) is 2. The quantitative estimate of drug-likeness (QED) is 0.214. The Morgan fingerprint density at radius 3 is 2.12 bits per heavy atom. The van der Waals surface area contributed by atoms with Crippen LogP contribution in [0.1, 0.15) is 0 Å². The van der Waals surface area contributed by atoms with Crippen molar-refractivity contribution in [2.75, 3.05) is 6.61 Å². The lowest BCUT2D eigenvalue weighted by atomic mass is 10.0. The van der Waals surface area contributed by atoms with Gasteiger partial charge in [-0.25, -0.2) is 4.79 Å². The zero-order valence-electron chi connectivity index (χ0n) is 8.18. The first-order valence-electron chi connectivity index (χ1n) is 4.46. The molecule has 4 atom stereocenters. The molecule has 2 heterocycles. The fourth-order valence-electron chi connectivity index (χ4n) is 1.48. The van der Waals surface area contributed by atoms with Gasteiger partial charge < -0.3 is 40.1 Å². The van der Waals surface area contributed by atoms with E-state index < -0.39 is 42.5 Å². The van der Waals surface area contributed by atoms with Crippen LogP contribution in [0.2, 0.25) is 0 Å². The molecule has 2 aliphatic rings. The SMILES string of the molecule is O=C1OC(O)([C@]2(O)O[C@]2(O)[C@H](O)[C@@H](O)CO)O1. The molecular weight excluding hydrogens is 244 g/mol. The molecule has 10 nitrogen and oxygen atoms in total. The normalized spacial score (nSPS) is 41.9. The summed E-state index contributed by atoms with van der Waals surface area (Å²) < 4.78 is 12.3. The van der Waals surface area contributed by atoms with Crippen LogP contribution in [-0.4, -0.2) is 73.2 Å². The Morgan fingerprint density at radius 2 is 1.71 bits per heavy atom. The van der Waals surface area contributed by atoms with Crippen LogP contribution in [0.3, 0.4) is 0 Å². The summed E-state index contributed by atoms with van der Waals surface area (Å²) >= 11 is 0. The Morgan fingerprint density at radius 1 is 1.18 bits per heavy atom. The molecule has 17 heavy (non-hydrogen) atoms. The second-order valence-corrected chi connectivity index (χ2v) is 3.67. The third kappa shape index (κ3) is 1.37. The number of epoxide rings is 1. The van der Waals surface area contributed by atoms with Crippen LogP contribution in [-0.2, 0) is 14.2 Å². The minimum absolute atomic E-state index is 0.942. The smallest absolute Gasteiger partial charge is 0.394 e. The Bertz CT molecular complexity index is 349. The van der Waals surface area contributed by atoms with E-state index in [1.807, 2.05) is 0 Å². The molecule has 0 amide bonds. The highest BCUT2D eigenvalue weighted by molar-refractivity contribution is 5.65. The Labute approximate surface area is 93.2 Å². The van der Waals surface area contributed by atoms with Gasteiger partial charge in [0, 0.05) is 0 Å². The highest BCUT2D eigenvalue weighted by Gasteiger charge is 2.90. The van der Waals surface area contributed by atoms with E-state index in [-0.39, 0.29) is 0 Å². The molecule has 0 bridgehead atoms. The fraction of sp³-hybridized carbons (Fsp3) is 0.857. The molecule has 0 saturated carbocycles. The van der Waals surface area contributed by atoms with E-state index in [1.165, 1.54) is 0 Å². The van der Waals surface area contributed by atoms with Gasteiger partial charge in [-0.1, -0.05) is 0 Å². The molecule has 0 unspecified atom stereocenters. The number of rotatable bonds is 4. The van der Waals surface area contributed by atoms with Gasteiger partial charge in [-0.3, -0.25) is 4.74 Å². The summed E-state index contributed by atoms with van der Waals surface area (Å²) in [5.41, 5.74) is 0. The Kier molecular flexibility index (Phi) is 2.39. The van der Waals surface area contributed by atoms with E-state index in [1.54, 1.807) is 0 Å². The van der Waals surface area contributed by atoms with Crippen LogP contribution in [0.5, 0.6) is 0 Å². The molecule has 0 radical (unpaired) electrons. The molecule has 2 aliphatic heterocycles. The van der Waals surface area contributed by atoms with Gasteiger partial charge in [-0.05, 0) is 0 Å². The molecular formula is C7H10O10. The zero-order chi connectivity index (χ0) is 13.1. The van der Waals surface area contributed by atoms with E-state index in [0.717, 1.165) is 0 Å². The Hall–Kier alpha value is -1.01. The summed E-state index contributed by atoms with van der Waals surface area (Å²) in [6.45, 7) is -0.942. The predicted molar refractivity (Wildman–Crippen MR) is 42.6 cm³/mol. The maximum Gasteiger partial charge on any atom is 0.518 e. The van der Waals surface area contributed by atoms with Crippen molar-refractivity contribution in [3.63, 3.8) is 0 Å². The average molecular weight is 254 g/mol. The third-order valence-corrected chi connectivity index (χ3v) is 2.57. The lowest BCUT2D eigenvalue weighted by molar-refractivity contribution is -0.447. The maximum absolute atomic E-state index is 10.4. The molecule has 0 aromatic rings. The molecule has 0 spiro atoms. The van der Waals surface area contributed by atoms with Gasteiger partial charge in [0.1, 0.15) is 12.2 Å². The first kappa shape index (κ1) is 12.4. The van der Waals surface area contributed by atoms with Crippen LogP contribution in [0.25, 0.3) is 0 Å². The fourth-order valence-corrected chi connectivity index (χ4v) is 1.48. The van der Waals surface area contributed by atoms with E-state index in [4.69, 9.17) is 10.2 Å². The number of aliphatic hydroxyl groups excluding tert-OH is 3. The monoisotopic (exact) mass is 254 g/mol. The summed E-state index contributed by atoms with van der Waals surface area (Å²) in [6.07, 6.45) is -5.34. The minimum Gasteiger partial charge on any atom is -0.394 e. The maximum atomic E-state index is 10.4. The van der Waals surface area contributed by atoms with Crippen molar-refractivity contribution >= 4 is 6.16 Å². The highest BCUT2D eigenvalue weighted by Crippen LogP contribution is 2.56. The molecule has 2 fully saturated rings. The molecule has 2 rings (SSSR count). The summed E-state index contributed by atoms with van der Waals surface area (Å²) in [6, 6.07) is 0. The predicted octanol–water partition coefficient (Wildman–Crippen LogP) is -4.08. The molecule has 0 aromatic heterocycles. The van der Waals surface area contributed by atoms with Gasteiger partial charge in [0.25, 0.3) is 5.79 Å². The van der Waals surface area contributed by atoms with E-state index >= 15 is 0 Å². The van der Waals surface area contributed by atoms with Gasteiger partial charge in [0.2, 0.25) is 0 Å². The summed E-state index contributed by atoms with van der Waals surface area (Å²) in [4.78, 5) is 10.4. The van der Waals surface area contributed by atoms with Crippen molar-refractivity contribution in [3.05, 3.63) is 0 Å². The number of hydrogen-bond donors (Lipinski definition) is 6.